The number of para-hydroxylation sites is 1. The van der Waals surface area contributed by atoms with Gasteiger partial charge in [0.1, 0.15) is 12.0 Å². The second kappa shape index (κ2) is 9.92. The largest absolute Gasteiger partial charge is 0.493 e. The molecule has 0 bridgehead atoms. The maximum Gasteiger partial charge on any atom is 0.360 e. The zero-order chi connectivity index (χ0) is 20.6. The topological polar surface area (TPSA) is 114 Å². The molecule has 2 N–H and O–H groups in total. The Kier molecular flexibility index (Phi) is 7.07. The minimum absolute atomic E-state index is 0.0895. The first-order chi connectivity index (χ1) is 14.1. The molecule has 9 heteroatoms. The number of esters is 1. The number of nitrogens with zero attached hydrogens (tertiary/aromatic N) is 2. The second-order valence-corrected chi connectivity index (χ2v) is 6.62. The molecule has 1 saturated heterocycles. The molecule has 1 aromatic carbocycles. The quantitative estimate of drug-likeness (QED) is 0.636. The number of hydrogen-bond donors (Lipinski definition) is 2. The molecule has 0 saturated carbocycles. The second-order valence-electron chi connectivity index (χ2n) is 6.62. The summed E-state index contributed by atoms with van der Waals surface area (Å²) in [4.78, 5) is 29.9. The highest BCUT2D eigenvalue weighted by Gasteiger charge is 2.31. The van der Waals surface area contributed by atoms with Crippen LogP contribution in [-0.4, -0.2) is 60.4 Å². The molecular formula is C20H25N3O6. The Morgan fingerprint density at radius 3 is 2.90 bits per heavy atom. The molecule has 2 heterocycles. The van der Waals surface area contributed by atoms with Crippen molar-refractivity contribution >= 4 is 17.9 Å². The number of piperidine rings is 1. The molecule has 1 fully saturated rings. The maximum absolute atomic E-state index is 12.2. The van der Waals surface area contributed by atoms with Crippen molar-refractivity contribution in [1.82, 2.24) is 10.3 Å². The molecule has 0 spiro atoms. The van der Waals surface area contributed by atoms with Gasteiger partial charge in [0, 0.05) is 13.1 Å². The summed E-state index contributed by atoms with van der Waals surface area (Å²) >= 11 is 0. The number of oxazole rings is 1. The Morgan fingerprint density at radius 2 is 2.14 bits per heavy atom. The summed E-state index contributed by atoms with van der Waals surface area (Å²) in [5.74, 6) is -0.0697. The molecular weight excluding hydrogens is 378 g/mol. The van der Waals surface area contributed by atoms with E-state index < -0.39 is 18.1 Å². The summed E-state index contributed by atoms with van der Waals surface area (Å²) in [6.45, 7) is 3.01. The molecule has 1 aliphatic rings. The SMILES string of the molecule is CCOC(=O)c1coc(N2CC[C@H](O)[C@H](NC(=O)CCOc3ccccc3)C2)n1. The van der Waals surface area contributed by atoms with E-state index in [4.69, 9.17) is 13.9 Å². The lowest BCUT2D eigenvalue weighted by Crippen LogP contribution is -2.55. The smallest absolute Gasteiger partial charge is 0.360 e. The van der Waals surface area contributed by atoms with Gasteiger partial charge in [0.05, 0.1) is 31.8 Å². The van der Waals surface area contributed by atoms with Crippen LogP contribution in [0.1, 0.15) is 30.3 Å². The standard InChI is InChI=1S/C20H25N3O6/c1-2-27-19(26)16-13-29-20(22-16)23-10-8-17(24)15(12-23)21-18(25)9-11-28-14-6-4-3-5-7-14/h3-7,13,15,17,24H,2,8-12H2,1H3,(H,21,25)/t15-,17+/m1/s1. The number of aliphatic hydroxyl groups is 1. The van der Waals surface area contributed by atoms with E-state index in [-0.39, 0.29) is 37.3 Å². The number of carbonyl (C=O) groups is 2. The number of benzene rings is 1. The van der Waals surface area contributed by atoms with Gasteiger partial charge < -0.3 is 29.2 Å². The lowest BCUT2D eigenvalue weighted by atomic mass is 10.0. The number of carbonyl (C=O) groups excluding carboxylic acids is 2. The Bertz CT molecular complexity index is 810. The van der Waals surface area contributed by atoms with E-state index in [9.17, 15) is 14.7 Å². The fraction of sp³-hybridized carbons (Fsp3) is 0.450. The van der Waals surface area contributed by atoms with Gasteiger partial charge in [-0.25, -0.2) is 4.79 Å². The predicted molar refractivity (Wildman–Crippen MR) is 104 cm³/mol. The molecule has 156 valence electrons. The Labute approximate surface area is 168 Å². The van der Waals surface area contributed by atoms with Crippen molar-refractivity contribution in [3.63, 3.8) is 0 Å². The third-order valence-electron chi connectivity index (χ3n) is 4.51. The number of nitrogens with one attached hydrogen (secondary N) is 1. The summed E-state index contributed by atoms with van der Waals surface area (Å²) in [7, 11) is 0. The number of anilines is 1. The van der Waals surface area contributed by atoms with E-state index in [1.165, 1.54) is 6.26 Å². The molecule has 0 unspecified atom stereocenters. The van der Waals surface area contributed by atoms with Gasteiger partial charge in [0.15, 0.2) is 5.69 Å². The predicted octanol–water partition coefficient (Wildman–Crippen LogP) is 1.38. The summed E-state index contributed by atoms with van der Waals surface area (Å²) in [6.07, 6.45) is 1.17. The van der Waals surface area contributed by atoms with Crippen LogP contribution in [-0.2, 0) is 9.53 Å². The van der Waals surface area contributed by atoms with Crippen LogP contribution in [0.4, 0.5) is 6.01 Å². The minimum atomic E-state index is -0.676. The summed E-state index contributed by atoms with van der Waals surface area (Å²) in [6, 6.07) is 9.02. The Hall–Kier alpha value is -3.07. The van der Waals surface area contributed by atoms with Crippen molar-refractivity contribution in [3.8, 4) is 5.75 Å². The molecule has 9 nitrogen and oxygen atoms in total. The first-order valence-corrected chi connectivity index (χ1v) is 9.59. The number of aromatic nitrogens is 1. The third-order valence-corrected chi connectivity index (χ3v) is 4.51. The van der Waals surface area contributed by atoms with Crippen LogP contribution in [0.2, 0.25) is 0 Å². The molecule has 0 aliphatic carbocycles. The van der Waals surface area contributed by atoms with Gasteiger partial charge in [-0.1, -0.05) is 18.2 Å². The lowest BCUT2D eigenvalue weighted by Gasteiger charge is -2.35. The Morgan fingerprint density at radius 1 is 1.34 bits per heavy atom. The first kappa shape index (κ1) is 20.7. The first-order valence-electron chi connectivity index (χ1n) is 9.59. The Balaban J connectivity index is 1.50. The van der Waals surface area contributed by atoms with E-state index in [2.05, 4.69) is 10.3 Å². The number of rotatable bonds is 8. The van der Waals surface area contributed by atoms with E-state index in [1.54, 1.807) is 11.8 Å². The molecule has 1 aromatic heterocycles. The normalized spacial score (nSPS) is 18.9. The van der Waals surface area contributed by atoms with Gasteiger partial charge in [-0.2, -0.15) is 4.98 Å². The van der Waals surface area contributed by atoms with Gasteiger partial charge in [-0.05, 0) is 25.5 Å². The molecule has 0 radical (unpaired) electrons. The van der Waals surface area contributed by atoms with Crippen LogP contribution in [0.25, 0.3) is 0 Å². The van der Waals surface area contributed by atoms with Crippen LogP contribution in [0.5, 0.6) is 5.75 Å². The van der Waals surface area contributed by atoms with Crippen LogP contribution < -0.4 is 15.0 Å². The highest BCUT2D eigenvalue weighted by molar-refractivity contribution is 5.87. The van der Waals surface area contributed by atoms with E-state index >= 15 is 0 Å². The monoisotopic (exact) mass is 403 g/mol. The summed E-state index contributed by atoms with van der Waals surface area (Å²) in [5.41, 5.74) is 0.0895. The fourth-order valence-electron chi connectivity index (χ4n) is 3.02. The van der Waals surface area contributed by atoms with Crippen molar-refractivity contribution in [3.05, 3.63) is 42.3 Å². The van der Waals surface area contributed by atoms with Gasteiger partial charge in [-0.15, -0.1) is 0 Å². The van der Waals surface area contributed by atoms with Gasteiger partial charge in [-0.3, -0.25) is 4.79 Å². The highest BCUT2D eigenvalue weighted by Crippen LogP contribution is 2.20. The highest BCUT2D eigenvalue weighted by atomic mass is 16.5. The van der Waals surface area contributed by atoms with Gasteiger partial charge in [0.2, 0.25) is 5.91 Å². The number of amides is 1. The molecule has 3 rings (SSSR count). The van der Waals surface area contributed by atoms with Crippen LogP contribution in [0.3, 0.4) is 0 Å². The zero-order valence-corrected chi connectivity index (χ0v) is 16.2. The van der Waals surface area contributed by atoms with Crippen molar-refractivity contribution < 1.29 is 28.6 Å². The molecule has 1 aliphatic heterocycles. The third kappa shape index (κ3) is 5.71. The van der Waals surface area contributed by atoms with Gasteiger partial charge >= 0.3 is 5.97 Å². The maximum atomic E-state index is 12.2. The average molecular weight is 403 g/mol. The number of aliphatic hydroxyl groups excluding tert-OH is 1. The van der Waals surface area contributed by atoms with E-state index in [1.807, 2.05) is 30.3 Å². The minimum Gasteiger partial charge on any atom is -0.493 e. The lowest BCUT2D eigenvalue weighted by molar-refractivity contribution is -0.123. The molecule has 2 atom stereocenters. The number of hydrogen-bond acceptors (Lipinski definition) is 8. The van der Waals surface area contributed by atoms with E-state index in [0.717, 1.165) is 0 Å². The van der Waals surface area contributed by atoms with Crippen molar-refractivity contribution in [2.45, 2.75) is 31.9 Å². The van der Waals surface area contributed by atoms with Crippen molar-refractivity contribution in [2.24, 2.45) is 0 Å². The van der Waals surface area contributed by atoms with Gasteiger partial charge in [0.25, 0.3) is 6.01 Å². The van der Waals surface area contributed by atoms with Crippen molar-refractivity contribution in [2.75, 3.05) is 31.2 Å². The zero-order valence-electron chi connectivity index (χ0n) is 16.2. The number of ether oxygens (including phenoxy) is 2. The summed E-state index contributed by atoms with van der Waals surface area (Å²) in [5, 5.41) is 13.1. The van der Waals surface area contributed by atoms with Crippen LogP contribution >= 0.6 is 0 Å². The van der Waals surface area contributed by atoms with Crippen LogP contribution in [0.15, 0.2) is 41.0 Å². The van der Waals surface area contributed by atoms with Crippen molar-refractivity contribution in [1.29, 1.82) is 0 Å². The van der Waals surface area contributed by atoms with Crippen LogP contribution in [0, 0.1) is 0 Å². The summed E-state index contributed by atoms with van der Waals surface area (Å²) < 4.78 is 15.8. The average Bonchev–Trinajstić information content (AvgIpc) is 3.21. The molecule has 1 amide bonds. The molecule has 29 heavy (non-hydrogen) atoms. The fourth-order valence-corrected chi connectivity index (χ4v) is 3.02. The molecule has 2 aromatic rings. The van der Waals surface area contributed by atoms with E-state index in [0.29, 0.717) is 25.3 Å².